The molecular formula is C18H19N7. The second kappa shape index (κ2) is 7.78. The Morgan fingerprint density at radius 2 is 1.40 bits per heavy atom. The van der Waals surface area contributed by atoms with Gasteiger partial charge in [0, 0.05) is 23.6 Å². The minimum atomic E-state index is 0.145. The van der Waals surface area contributed by atoms with Gasteiger partial charge in [0.1, 0.15) is 0 Å². The van der Waals surface area contributed by atoms with Crippen molar-refractivity contribution >= 4 is 34.9 Å². The summed E-state index contributed by atoms with van der Waals surface area (Å²) in [4.78, 5) is 12.4. The molecule has 0 radical (unpaired) electrons. The van der Waals surface area contributed by atoms with Crippen LogP contribution in [0.25, 0.3) is 0 Å². The van der Waals surface area contributed by atoms with Crippen LogP contribution in [-0.2, 0) is 0 Å². The van der Waals surface area contributed by atoms with Crippen LogP contribution >= 0.6 is 0 Å². The first-order valence-electron chi connectivity index (χ1n) is 7.78. The van der Waals surface area contributed by atoms with E-state index in [1.807, 2.05) is 54.6 Å². The molecule has 3 aromatic rings. The smallest absolute Gasteiger partial charge is 0.233 e. The normalized spacial score (nSPS) is 10.1. The minimum absolute atomic E-state index is 0.145. The maximum absolute atomic E-state index is 5.72. The van der Waals surface area contributed by atoms with Crippen molar-refractivity contribution in [2.24, 2.45) is 0 Å². The van der Waals surface area contributed by atoms with E-state index in [-0.39, 0.29) is 5.95 Å². The number of aromatic nitrogens is 3. The van der Waals surface area contributed by atoms with Crippen molar-refractivity contribution < 1.29 is 0 Å². The second-order valence-corrected chi connectivity index (χ2v) is 5.20. The molecular weight excluding hydrogens is 314 g/mol. The van der Waals surface area contributed by atoms with Crippen LogP contribution in [0, 0.1) is 0 Å². The fourth-order valence-corrected chi connectivity index (χ4v) is 2.14. The van der Waals surface area contributed by atoms with E-state index in [2.05, 4.69) is 37.5 Å². The molecule has 2 aromatic carbocycles. The average molecular weight is 333 g/mol. The highest BCUT2D eigenvalue weighted by molar-refractivity contribution is 5.64. The number of nitrogens with zero attached hydrogens (tertiary/aromatic N) is 3. The number of anilines is 6. The molecule has 0 unspecified atom stereocenters. The van der Waals surface area contributed by atoms with Crippen LogP contribution in [0.15, 0.2) is 67.3 Å². The number of nitrogens with two attached hydrogens (primary N) is 1. The highest BCUT2D eigenvalue weighted by Crippen LogP contribution is 2.20. The Labute approximate surface area is 146 Å². The lowest BCUT2D eigenvalue weighted by Crippen LogP contribution is -2.09. The van der Waals surface area contributed by atoms with Crippen molar-refractivity contribution in [3.63, 3.8) is 0 Å². The zero-order valence-corrected chi connectivity index (χ0v) is 13.6. The molecule has 7 heteroatoms. The number of benzene rings is 2. The summed E-state index contributed by atoms with van der Waals surface area (Å²) in [7, 11) is 0. The summed E-state index contributed by atoms with van der Waals surface area (Å²) in [5.74, 6) is 0.923. The molecule has 0 aliphatic rings. The quantitative estimate of drug-likeness (QED) is 0.491. The van der Waals surface area contributed by atoms with Crippen molar-refractivity contribution in [1.29, 1.82) is 0 Å². The van der Waals surface area contributed by atoms with Crippen molar-refractivity contribution in [3.05, 3.63) is 67.3 Å². The molecule has 7 nitrogen and oxygen atoms in total. The van der Waals surface area contributed by atoms with Gasteiger partial charge in [-0.25, -0.2) is 0 Å². The van der Waals surface area contributed by atoms with E-state index >= 15 is 0 Å². The standard InChI is InChI=1S/C18H19N7/c1-2-12-20-17-23-16(19)24-18(25-17)22-15-10-8-14(9-11-15)21-13-6-4-3-5-7-13/h2-11,21H,1,12H2,(H4,19,20,22,23,24,25). The van der Waals surface area contributed by atoms with Gasteiger partial charge in [0.25, 0.3) is 0 Å². The third kappa shape index (κ3) is 4.68. The van der Waals surface area contributed by atoms with Crippen LogP contribution in [-0.4, -0.2) is 21.5 Å². The van der Waals surface area contributed by atoms with Crippen molar-refractivity contribution in [2.45, 2.75) is 0 Å². The molecule has 0 saturated heterocycles. The van der Waals surface area contributed by atoms with Gasteiger partial charge in [-0.05, 0) is 36.4 Å². The van der Waals surface area contributed by atoms with Gasteiger partial charge >= 0.3 is 0 Å². The fourth-order valence-electron chi connectivity index (χ4n) is 2.14. The van der Waals surface area contributed by atoms with E-state index in [9.17, 15) is 0 Å². The van der Waals surface area contributed by atoms with Crippen LogP contribution in [0.2, 0.25) is 0 Å². The maximum atomic E-state index is 5.72. The van der Waals surface area contributed by atoms with Gasteiger partial charge < -0.3 is 21.7 Å². The minimum Gasteiger partial charge on any atom is -0.368 e. The summed E-state index contributed by atoms with van der Waals surface area (Å²) in [5.41, 5.74) is 8.58. The van der Waals surface area contributed by atoms with E-state index in [1.165, 1.54) is 0 Å². The molecule has 0 aliphatic carbocycles. The third-order valence-corrected chi connectivity index (χ3v) is 3.26. The molecule has 1 heterocycles. The summed E-state index contributed by atoms with van der Waals surface area (Å²) < 4.78 is 0. The first-order chi connectivity index (χ1) is 12.2. The predicted octanol–water partition coefficient (Wildman–Crippen LogP) is 3.54. The Morgan fingerprint density at radius 3 is 2.08 bits per heavy atom. The Bertz CT molecular complexity index is 832. The Morgan fingerprint density at radius 1 is 0.800 bits per heavy atom. The van der Waals surface area contributed by atoms with Gasteiger partial charge in [-0.3, -0.25) is 0 Å². The van der Waals surface area contributed by atoms with Crippen molar-refractivity contribution in [1.82, 2.24) is 15.0 Å². The number of hydrogen-bond acceptors (Lipinski definition) is 7. The van der Waals surface area contributed by atoms with E-state index in [4.69, 9.17) is 5.73 Å². The molecule has 0 fully saturated rings. The Balaban J connectivity index is 1.69. The van der Waals surface area contributed by atoms with Gasteiger partial charge in [-0.15, -0.1) is 6.58 Å². The lowest BCUT2D eigenvalue weighted by molar-refractivity contribution is 1.05. The molecule has 0 spiro atoms. The Kier molecular flexibility index (Phi) is 5.06. The SMILES string of the molecule is C=CCNc1nc(N)nc(Nc2ccc(Nc3ccccc3)cc2)n1. The highest BCUT2D eigenvalue weighted by Gasteiger charge is 2.04. The van der Waals surface area contributed by atoms with Gasteiger partial charge in [0.15, 0.2) is 0 Å². The van der Waals surface area contributed by atoms with Gasteiger partial charge in [-0.2, -0.15) is 15.0 Å². The Hall–Kier alpha value is -3.61. The van der Waals surface area contributed by atoms with Crippen LogP contribution in [0.3, 0.4) is 0 Å². The summed E-state index contributed by atoms with van der Waals surface area (Å²) in [5, 5.41) is 9.43. The molecule has 1 aromatic heterocycles. The van der Waals surface area contributed by atoms with Crippen molar-refractivity contribution in [2.75, 3.05) is 28.2 Å². The first kappa shape index (κ1) is 16.3. The van der Waals surface area contributed by atoms with E-state index < -0.39 is 0 Å². The number of hydrogen-bond donors (Lipinski definition) is 4. The zero-order valence-electron chi connectivity index (χ0n) is 13.6. The lowest BCUT2D eigenvalue weighted by Gasteiger charge is -2.09. The van der Waals surface area contributed by atoms with E-state index in [0.717, 1.165) is 17.1 Å². The molecule has 0 aliphatic heterocycles. The molecule has 0 saturated carbocycles. The molecule has 5 N–H and O–H groups in total. The van der Waals surface area contributed by atoms with Crippen LogP contribution in [0.1, 0.15) is 0 Å². The topological polar surface area (TPSA) is 101 Å². The lowest BCUT2D eigenvalue weighted by atomic mass is 10.2. The molecule has 3 rings (SSSR count). The van der Waals surface area contributed by atoms with E-state index in [0.29, 0.717) is 18.4 Å². The van der Waals surface area contributed by atoms with Crippen LogP contribution in [0.4, 0.5) is 34.9 Å². The zero-order chi connectivity index (χ0) is 17.5. The number of nitrogen functional groups attached to an aromatic ring is 1. The van der Waals surface area contributed by atoms with Crippen LogP contribution in [0.5, 0.6) is 0 Å². The van der Waals surface area contributed by atoms with E-state index in [1.54, 1.807) is 6.08 Å². The van der Waals surface area contributed by atoms with Crippen molar-refractivity contribution in [3.8, 4) is 0 Å². The van der Waals surface area contributed by atoms with Gasteiger partial charge in [-0.1, -0.05) is 24.3 Å². The first-order valence-corrected chi connectivity index (χ1v) is 7.78. The summed E-state index contributed by atoms with van der Waals surface area (Å²) >= 11 is 0. The second-order valence-electron chi connectivity index (χ2n) is 5.20. The third-order valence-electron chi connectivity index (χ3n) is 3.26. The number of para-hydroxylation sites is 1. The predicted molar refractivity (Wildman–Crippen MR) is 102 cm³/mol. The number of rotatable bonds is 7. The van der Waals surface area contributed by atoms with Crippen LogP contribution < -0.4 is 21.7 Å². The fraction of sp³-hybridized carbons (Fsp3) is 0.0556. The molecule has 0 amide bonds. The number of nitrogens with one attached hydrogen (secondary N) is 3. The monoisotopic (exact) mass is 333 g/mol. The molecule has 126 valence electrons. The van der Waals surface area contributed by atoms with Gasteiger partial charge in [0.2, 0.25) is 17.8 Å². The summed E-state index contributed by atoms with van der Waals surface area (Å²) in [6.45, 7) is 4.18. The molecule has 0 bridgehead atoms. The maximum Gasteiger partial charge on any atom is 0.233 e. The molecule has 25 heavy (non-hydrogen) atoms. The average Bonchev–Trinajstić information content (AvgIpc) is 2.62. The summed E-state index contributed by atoms with van der Waals surface area (Å²) in [6, 6.07) is 17.8. The molecule has 0 atom stereocenters. The summed E-state index contributed by atoms with van der Waals surface area (Å²) in [6.07, 6.45) is 1.71. The highest BCUT2D eigenvalue weighted by atomic mass is 15.2. The largest absolute Gasteiger partial charge is 0.368 e. The van der Waals surface area contributed by atoms with Gasteiger partial charge in [0.05, 0.1) is 0 Å².